The molecule has 5 heteroatoms. The largest absolute Gasteiger partial charge is 0.506 e. The molecule has 0 aliphatic heterocycles. The number of nitrogens with one attached hydrogen (secondary N) is 1. The molecule has 5 nitrogen and oxygen atoms in total. The Kier molecular flexibility index (Phi) is 6.48. The second kappa shape index (κ2) is 8.04. The lowest BCUT2D eigenvalue weighted by molar-refractivity contribution is 0.0907. The fraction of sp³-hybridized carbons (Fsp3) is 0.545. The minimum Gasteiger partial charge on any atom is -0.506 e. The number of aliphatic hydroxyl groups is 1. The SMILES string of the molecule is OCCOCCCNCc1ccc(O)cn1. The van der Waals surface area contributed by atoms with Crippen LogP contribution in [0.5, 0.6) is 5.75 Å². The summed E-state index contributed by atoms with van der Waals surface area (Å²) in [6, 6.07) is 3.40. The van der Waals surface area contributed by atoms with E-state index < -0.39 is 0 Å². The van der Waals surface area contributed by atoms with E-state index in [0.29, 0.717) is 19.8 Å². The Morgan fingerprint density at radius 3 is 2.88 bits per heavy atom. The number of aliphatic hydroxyl groups excluding tert-OH is 1. The lowest BCUT2D eigenvalue weighted by Crippen LogP contribution is -2.17. The normalized spacial score (nSPS) is 10.6. The van der Waals surface area contributed by atoms with Gasteiger partial charge in [0.1, 0.15) is 5.75 Å². The quantitative estimate of drug-likeness (QED) is 0.555. The Bertz CT molecular complexity index is 277. The number of aromatic hydroxyl groups is 1. The zero-order valence-corrected chi connectivity index (χ0v) is 9.22. The Hall–Kier alpha value is -1.17. The van der Waals surface area contributed by atoms with Gasteiger partial charge in [0.2, 0.25) is 0 Å². The molecule has 0 aromatic carbocycles. The molecule has 0 atom stereocenters. The highest BCUT2D eigenvalue weighted by atomic mass is 16.5. The first-order valence-electron chi connectivity index (χ1n) is 5.36. The van der Waals surface area contributed by atoms with Gasteiger partial charge in [-0.3, -0.25) is 4.98 Å². The van der Waals surface area contributed by atoms with Crippen molar-refractivity contribution in [3.8, 4) is 5.75 Å². The van der Waals surface area contributed by atoms with Gasteiger partial charge in [-0.1, -0.05) is 0 Å². The summed E-state index contributed by atoms with van der Waals surface area (Å²) < 4.78 is 5.11. The molecule has 1 aromatic heterocycles. The first-order valence-corrected chi connectivity index (χ1v) is 5.36. The average molecular weight is 226 g/mol. The number of pyridine rings is 1. The Morgan fingerprint density at radius 2 is 2.19 bits per heavy atom. The van der Waals surface area contributed by atoms with Crippen molar-refractivity contribution in [2.75, 3.05) is 26.4 Å². The van der Waals surface area contributed by atoms with Gasteiger partial charge in [-0.25, -0.2) is 0 Å². The molecule has 1 heterocycles. The van der Waals surface area contributed by atoms with E-state index in [-0.39, 0.29) is 12.4 Å². The molecule has 16 heavy (non-hydrogen) atoms. The summed E-state index contributed by atoms with van der Waals surface area (Å²) in [6.07, 6.45) is 2.33. The number of hydrogen-bond acceptors (Lipinski definition) is 5. The van der Waals surface area contributed by atoms with Gasteiger partial charge in [-0.2, -0.15) is 0 Å². The third-order valence-electron chi connectivity index (χ3n) is 1.99. The molecule has 90 valence electrons. The van der Waals surface area contributed by atoms with Crippen LogP contribution in [0, 0.1) is 0 Å². The number of hydrogen-bond donors (Lipinski definition) is 3. The number of aromatic nitrogens is 1. The minimum atomic E-state index is 0.0743. The van der Waals surface area contributed by atoms with Gasteiger partial charge in [-0.15, -0.1) is 0 Å². The van der Waals surface area contributed by atoms with E-state index in [1.54, 1.807) is 12.1 Å². The minimum absolute atomic E-state index is 0.0743. The summed E-state index contributed by atoms with van der Waals surface area (Å²) in [7, 11) is 0. The summed E-state index contributed by atoms with van der Waals surface area (Å²) in [5.41, 5.74) is 0.897. The van der Waals surface area contributed by atoms with Crippen LogP contribution in [0.1, 0.15) is 12.1 Å². The smallest absolute Gasteiger partial charge is 0.133 e. The van der Waals surface area contributed by atoms with Crippen molar-refractivity contribution in [3.63, 3.8) is 0 Å². The lowest BCUT2D eigenvalue weighted by Gasteiger charge is -2.04. The van der Waals surface area contributed by atoms with Crippen LogP contribution in [-0.2, 0) is 11.3 Å². The summed E-state index contributed by atoms with van der Waals surface area (Å²) >= 11 is 0. The predicted molar refractivity (Wildman–Crippen MR) is 60.1 cm³/mol. The van der Waals surface area contributed by atoms with Crippen molar-refractivity contribution in [3.05, 3.63) is 24.0 Å². The van der Waals surface area contributed by atoms with Crippen LogP contribution in [0.15, 0.2) is 18.3 Å². The van der Waals surface area contributed by atoms with Crippen molar-refractivity contribution in [1.29, 1.82) is 0 Å². The van der Waals surface area contributed by atoms with E-state index in [9.17, 15) is 0 Å². The van der Waals surface area contributed by atoms with E-state index in [1.165, 1.54) is 6.20 Å². The molecular weight excluding hydrogens is 208 g/mol. The molecule has 0 saturated carbocycles. The molecule has 0 amide bonds. The van der Waals surface area contributed by atoms with Gasteiger partial charge < -0.3 is 20.3 Å². The molecule has 0 aliphatic rings. The topological polar surface area (TPSA) is 74.6 Å². The van der Waals surface area contributed by atoms with Gasteiger partial charge in [0, 0.05) is 13.2 Å². The maximum atomic E-state index is 9.03. The highest BCUT2D eigenvalue weighted by molar-refractivity contribution is 5.17. The van der Waals surface area contributed by atoms with Crippen LogP contribution in [0.3, 0.4) is 0 Å². The van der Waals surface area contributed by atoms with Gasteiger partial charge in [0.05, 0.1) is 25.1 Å². The maximum Gasteiger partial charge on any atom is 0.133 e. The molecule has 0 bridgehead atoms. The predicted octanol–water partition coefficient (Wildman–Crippen LogP) is 0.276. The van der Waals surface area contributed by atoms with Crippen molar-refractivity contribution >= 4 is 0 Å². The molecule has 0 saturated heterocycles. The first kappa shape index (κ1) is 12.9. The molecule has 3 N–H and O–H groups in total. The molecular formula is C11H18N2O3. The maximum absolute atomic E-state index is 9.03. The molecule has 0 unspecified atom stereocenters. The fourth-order valence-electron chi connectivity index (χ4n) is 1.20. The van der Waals surface area contributed by atoms with Crippen LogP contribution < -0.4 is 5.32 Å². The molecule has 1 aromatic rings. The van der Waals surface area contributed by atoms with E-state index in [0.717, 1.165) is 18.7 Å². The van der Waals surface area contributed by atoms with Gasteiger partial charge in [0.25, 0.3) is 0 Å². The molecule has 0 fully saturated rings. The van der Waals surface area contributed by atoms with Gasteiger partial charge in [0.15, 0.2) is 0 Å². The zero-order chi connectivity index (χ0) is 11.6. The van der Waals surface area contributed by atoms with Crippen molar-refractivity contribution in [2.45, 2.75) is 13.0 Å². The van der Waals surface area contributed by atoms with Crippen LogP contribution >= 0.6 is 0 Å². The fourth-order valence-corrected chi connectivity index (χ4v) is 1.20. The zero-order valence-electron chi connectivity index (χ0n) is 9.22. The monoisotopic (exact) mass is 226 g/mol. The number of rotatable bonds is 8. The third-order valence-corrected chi connectivity index (χ3v) is 1.99. The van der Waals surface area contributed by atoms with Crippen LogP contribution in [-0.4, -0.2) is 41.6 Å². The highest BCUT2D eigenvalue weighted by Crippen LogP contribution is 2.05. The molecule has 1 rings (SSSR count). The average Bonchev–Trinajstić information content (AvgIpc) is 2.30. The van der Waals surface area contributed by atoms with E-state index in [2.05, 4.69) is 10.3 Å². The summed E-state index contributed by atoms with van der Waals surface area (Å²) in [4.78, 5) is 4.05. The summed E-state index contributed by atoms with van der Waals surface area (Å²) in [6.45, 7) is 2.65. The van der Waals surface area contributed by atoms with Crippen LogP contribution in [0.2, 0.25) is 0 Å². The second-order valence-corrected chi connectivity index (χ2v) is 3.37. The number of nitrogens with zero attached hydrogens (tertiary/aromatic N) is 1. The van der Waals surface area contributed by atoms with Gasteiger partial charge >= 0.3 is 0 Å². The van der Waals surface area contributed by atoms with Crippen LogP contribution in [0.25, 0.3) is 0 Å². The lowest BCUT2D eigenvalue weighted by atomic mass is 10.3. The first-order chi connectivity index (χ1) is 7.83. The van der Waals surface area contributed by atoms with Crippen LogP contribution in [0.4, 0.5) is 0 Å². The Balaban J connectivity index is 2.01. The summed E-state index contributed by atoms with van der Waals surface area (Å²) in [5, 5.41) is 20.7. The third kappa shape index (κ3) is 5.65. The number of ether oxygens (including phenoxy) is 1. The Labute approximate surface area is 95.1 Å². The van der Waals surface area contributed by atoms with E-state index >= 15 is 0 Å². The summed E-state index contributed by atoms with van der Waals surface area (Å²) in [5.74, 6) is 0.182. The van der Waals surface area contributed by atoms with Crippen molar-refractivity contribution in [1.82, 2.24) is 10.3 Å². The second-order valence-electron chi connectivity index (χ2n) is 3.37. The molecule has 0 radical (unpaired) electrons. The molecule has 0 aliphatic carbocycles. The van der Waals surface area contributed by atoms with Crippen molar-refractivity contribution in [2.24, 2.45) is 0 Å². The highest BCUT2D eigenvalue weighted by Gasteiger charge is 1.94. The van der Waals surface area contributed by atoms with E-state index in [4.69, 9.17) is 14.9 Å². The Morgan fingerprint density at radius 1 is 1.31 bits per heavy atom. The molecule has 0 spiro atoms. The standard InChI is InChI=1S/C11H18N2O3/c14-5-7-16-6-1-4-12-8-10-2-3-11(15)9-13-10/h2-3,9,12,14-15H,1,4-8H2. The van der Waals surface area contributed by atoms with Crippen molar-refractivity contribution < 1.29 is 14.9 Å². The van der Waals surface area contributed by atoms with E-state index in [1.807, 2.05) is 0 Å². The van der Waals surface area contributed by atoms with Gasteiger partial charge in [-0.05, 0) is 25.1 Å².